The molecular formula is C9H11BrO2. The van der Waals surface area contributed by atoms with E-state index in [4.69, 9.17) is 5.11 Å². The lowest BCUT2D eigenvalue weighted by molar-refractivity contribution is 0.102. The van der Waals surface area contributed by atoms with Gasteiger partial charge in [-0.15, -0.1) is 0 Å². The standard InChI is InChI=1S/C8H7BrO.CH4O/c9-6-8(10)7-4-2-1-3-5-7;1-2/h1-5H,6H2;2H,1H3. The maximum atomic E-state index is 11.0. The number of alkyl halides is 1. The third-order valence-corrected chi connectivity index (χ3v) is 1.73. The van der Waals surface area contributed by atoms with Crippen LogP contribution in [0.3, 0.4) is 0 Å². The number of rotatable bonds is 2. The molecule has 0 heterocycles. The summed E-state index contributed by atoms with van der Waals surface area (Å²) in [6, 6.07) is 9.23. The molecule has 0 aliphatic heterocycles. The Labute approximate surface area is 80.4 Å². The van der Waals surface area contributed by atoms with Crippen LogP contribution < -0.4 is 0 Å². The van der Waals surface area contributed by atoms with Crippen LogP contribution in [0.5, 0.6) is 0 Å². The Morgan fingerprint density at radius 1 is 1.33 bits per heavy atom. The molecule has 0 bridgehead atoms. The number of aliphatic hydroxyl groups excluding tert-OH is 1. The summed E-state index contributed by atoms with van der Waals surface area (Å²) in [5, 5.41) is 7.40. The van der Waals surface area contributed by atoms with Gasteiger partial charge in [-0.3, -0.25) is 4.79 Å². The minimum Gasteiger partial charge on any atom is -0.400 e. The van der Waals surface area contributed by atoms with E-state index >= 15 is 0 Å². The van der Waals surface area contributed by atoms with Crippen molar-refractivity contribution in [2.24, 2.45) is 0 Å². The number of carbonyl (C=O) groups excluding carboxylic acids is 1. The smallest absolute Gasteiger partial charge is 0.173 e. The van der Waals surface area contributed by atoms with Crippen LogP contribution in [-0.2, 0) is 0 Å². The second-order valence-corrected chi connectivity index (χ2v) is 2.48. The van der Waals surface area contributed by atoms with Crippen LogP contribution >= 0.6 is 15.9 Å². The highest BCUT2D eigenvalue weighted by Crippen LogP contribution is 2.01. The maximum Gasteiger partial charge on any atom is 0.173 e. The fourth-order valence-electron chi connectivity index (χ4n) is 0.701. The highest BCUT2D eigenvalue weighted by Gasteiger charge is 1.99. The Balaban J connectivity index is 0.000000561. The number of ketones is 1. The second-order valence-electron chi connectivity index (χ2n) is 1.92. The molecule has 0 saturated heterocycles. The van der Waals surface area contributed by atoms with E-state index in [-0.39, 0.29) is 5.78 Å². The number of carbonyl (C=O) groups is 1. The van der Waals surface area contributed by atoms with Gasteiger partial charge < -0.3 is 5.11 Å². The lowest BCUT2D eigenvalue weighted by atomic mass is 10.2. The highest BCUT2D eigenvalue weighted by atomic mass is 79.9. The van der Waals surface area contributed by atoms with Gasteiger partial charge in [0.05, 0.1) is 5.33 Å². The summed E-state index contributed by atoms with van der Waals surface area (Å²) in [4.78, 5) is 11.0. The van der Waals surface area contributed by atoms with E-state index in [1.807, 2.05) is 30.3 Å². The van der Waals surface area contributed by atoms with E-state index in [1.54, 1.807) is 0 Å². The molecule has 1 N–H and O–H groups in total. The first-order chi connectivity index (χ1) is 5.84. The monoisotopic (exact) mass is 230 g/mol. The van der Waals surface area contributed by atoms with Gasteiger partial charge in [-0.05, 0) is 0 Å². The summed E-state index contributed by atoms with van der Waals surface area (Å²) in [6.07, 6.45) is 0. The summed E-state index contributed by atoms with van der Waals surface area (Å²) in [5.74, 6) is 0.126. The van der Waals surface area contributed by atoms with E-state index in [2.05, 4.69) is 15.9 Å². The molecule has 0 amide bonds. The number of benzene rings is 1. The summed E-state index contributed by atoms with van der Waals surface area (Å²) < 4.78 is 0. The van der Waals surface area contributed by atoms with Gasteiger partial charge in [-0.25, -0.2) is 0 Å². The number of Topliss-reactive ketones (excluding diaryl/α,β-unsaturated/α-hetero) is 1. The number of hydrogen-bond donors (Lipinski definition) is 1. The first kappa shape index (κ1) is 11.3. The quantitative estimate of drug-likeness (QED) is 0.623. The first-order valence-corrected chi connectivity index (χ1v) is 4.55. The Bertz CT molecular complexity index is 221. The Kier molecular flexibility index (Phi) is 6.61. The lowest BCUT2D eigenvalue weighted by Gasteiger charge is -1.92. The van der Waals surface area contributed by atoms with Gasteiger partial charge in [0, 0.05) is 12.7 Å². The van der Waals surface area contributed by atoms with Crippen molar-refractivity contribution in [3.05, 3.63) is 35.9 Å². The van der Waals surface area contributed by atoms with Crippen LogP contribution in [0.2, 0.25) is 0 Å². The summed E-state index contributed by atoms with van der Waals surface area (Å²) in [6.45, 7) is 0. The average Bonchev–Trinajstić information content (AvgIpc) is 2.21. The van der Waals surface area contributed by atoms with Crippen molar-refractivity contribution in [1.82, 2.24) is 0 Å². The predicted molar refractivity (Wildman–Crippen MR) is 52.7 cm³/mol. The molecule has 1 aromatic carbocycles. The number of hydrogen-bond acceptors (Lipinski definition) is 2. The third-order valence-electron chi connectivity index (χ3n) is 1.22. The van der Waals surface area contributed by atoms with Crippen LogP contribution in [0.1, 0.15) is 10.4 Å². The molecule has 12 heavy (non-hydrogen) atoms. The fourth-order valence-corrected chi connectivity index (χ4v) is 1.02. The Hall–Kier alpha value is -0.670. The summed E-state index contributed by atoms with van der Waals surface area (Å²) >= 11 is 3.10. The largest absolute Gasteiger partial charge is 0.400 e. The molecule has 3 heteroatoms. The zero-order valence-corrected chi connectivity index (χ0v) is 8.41. The molecule has 2 nitrogen and oxygen atoms in total. The van der Waals surface area contributed by atoms with Crippen molar-refractivity contribution < 1.29 is 9.90 Å². The molecule has 0 atom stereocenters. The van der Waals surface area contributed by atoms with Gasteiger partial charge in [0.15, 0.2) is 5.78 Å². The van der Waals surface area contributed by atoms with Crippen LogP contribution in [-0.4, -0.2) is 23.3 Å². The van der Waals surface area contributed by atoms with Crippen LogP contribution in [0.4, 0.5) is 0 Å². The van der Waals surface area contributed by atoms with Gasteiger partial charge in [-0.1, -0.05) is 46.3 Å². The average molecular weight is 231 g/mol. The summed E-state index contributed by atoms with van der Waals surface area (Å²) in [7, 11) is 1.00. The van der Waals surface area contributed by atoms with Crippen molar-refractivity contribution in [3.63, 3.8) is 0 Å². The second kappa shape index (κ2) is 7.00. The van der Waals surface area contributed by atoms with Crippen molar-refractivity contribution in [2.45, 2.75) is 0 Å². The molecule has 66 valence electrons. The summed E-state index contributed by atoms with van der Waals surface area (Å²) in [5.41, 5.74) is 0.763. The van der Waals surface area contributed by atoms with E-state index in [1.165, 1.54) is 0 Å². The van der Waals surface area contributed by atoms with Crippen LogP contribution in [0, 0.1) is 0 Å². The Morgan fingerprint density at radius 3 is 2.25 bits per heavy atom. The van der Waals surface area contributed by atoms with Crippen molar-refractivity contribution in [1.29, 1.82) is 0 Å². The number of aliphatic hydroxyl groups is 1. The van der Waals surface area contributed by atoms with Gasteiger partial charge in [0.2, 0.25) is 0 Å². The minimum atomic E-state index is 0.126. The molecule has 0 unspecified atom stereocenters. The molecule has 0 aliphatic carbocycles. The Morgan fingerprint density at radius 2 is 1.83 bits per heavy atom. The lowest BCUT2D eigenvalue weighted by Crippen LogP contribution is -1.98. The van der Waals surface area contributed by atoms with Crippen molar-refractivity contribution in [3.8, 4) is 0 Å². The van der Waals surface area contributed by atoms with Gasteiger partial charge in [0.1, 0.15) is 0 Å². The van der Waals surface area contributed by atoms with Gasteiger partial charge in [-0.2, -0.15) is 0 Å². The normalized spacial score (nSPS) is 8.25. The zero-order chi connectivity index (χ0) is 9.40. The molecule has 0 aromatic heterocycles. The third kappa shape index (κ3) is 3.64. The molecule has 0 fully saturated rings. The van der Waals surface area contributed by atoms with Gasteiger partial charge in [0.25, 0.3) is 0 Å². The van der Waals surface area contributed by atoms with E-state index < -0.39 is 0 Å². The van der Waals surface area contributed by atoms with Crippen LogP contribution in [0.25, 0.3) is 0 Å². The zero-order valence-electron chi connectivity index (χ0n) is 6.83. The molecular weight excluding hydrogens is 220 g/mol. The maximum absolute atomic E-state index is 11.0. The molecule has 1 aromatic rings. The highest BCUT2D eigenvalue weighted by molar-refractivity contribution is 9.09. The fraction of sp³-hybridized carbons (Fsp3) is 0.222. The van der Waals surface area contributed by atoms with Crippen molar-refractivity contribution in [2.75, 3.05) is 12.4 Å². The minimum absolute atomic E-state index is 0.126. The van der Waals surface area contributed by atoms with E-state index in [0.29, 0.717) is 5.33 Å². The molecule has 0 aliphatic rings. The van der Waals surface area contributed by atoms with Crippen molar-refractivity contribution >= 4 is 21.7 Å². The number of halogens is 1. The molecule has 1 rings (SSSR count). The molecule has 0 spiro atoms. The molecule has 0 radical (unpaired) electrons. The predicted octanol–water partition coefficient (Wildman–Crippen LogP) is 1.87. The SMILES string of the molecule is CO.O=C(CBr)c1ccccc1. The van der Waals surface area contributed by atoms with E-state index in [9.17, 15) is 4.79 Å². The topological polar surface area (TPSA) is 37.3 Å². The molecule has 0 saturated carbocycles. The van der Waals surface area contributed by atoms with Gasteiger partial charge >= 0.3 is 0 Å². The van der Waals surface area contributed by atoms with Crippen LogP contribution in [0.15, 0.2) is 30.3 Å². The first-order valence-electron chi connectivity index (χ1n) is 3.43. The van der Waals surface area contributed by atoms with E-state index in [0.717, 1.165) is 12.7 Å².